The van der Waals surface area contributed by atoms with Gasteiger partial charge in [0, 0.05) is 5.56 Å². The van der Waals surface area contributed by atoms with Gasteiger partial charge in [0.1, 0.15) is 11.6 Å². The molecule has 0 spiro atoms. The van der Waals surface area contributed by atoms with Crippen LogP contribution in [-0.4, -0.2) is 5.11 Å². The van der Waals surface area contributed by atoms with E-state index in [0.717, 1.165) is 0 Å². The van der Waals surface area contributed by atoms with Crippen LogP contribution in [0.25, 0.3) is 0 Å². The van der Waals surface area contributed by atoms with E-state index in [9.17, 15) is 4.39 Å². The molecule has 0 radical (unpaired) electrons. The van der Waals surface area contributed by atoms with Crippen LogP contribution in [0.4, 0.5) is 4.39 Å². The first kappa shape index (κ1) is 11.0. The van der Waals surface area contributed by atoms with Gasteiger partial charge in [-0.25, -0.2) is 4.39 Å². The molecule has 0 amide bonds. The first-order valence-corrected chi connectivity index (χ1v) is 4.07. The molecule has 1 aromatic carbocycles. The van der Waals surface area contributed by atoms with E-state index in [1.807, 2.05) is 13.8 Å². The SMILES string of the molecule is CC.Cc1ccc(O)c(C)c1F. The van der Waals surface area contributed by atoms with Gasteiger partial charge < -0.3 is 5.11 Å². The lowest BCUT2D eigenvalue weighted by Crippen LogP contribution is -1.86. The van der Waals surface area contributed by atoms with Crippen LogP contribution in [0.15, 0.2) is 12.1 Å². The second-order valence-corrected chi connectivity index (χ2v) is 2.34. The van der Waals surface area contributed by atoms with Crippen molar-refractivity contribution in [1.29, 1.82) is 0 Å². The van der Waals surface area contributed by atoms with Crippen LogP contribution in [0.2, 0.25) is 0 Å². The number of rotatable bonds is 0. The van der Waals surface area contributed by atoms with Gasteiger partial charge in [-0.15, -0.1) is 0 Å². The van der Waals surface area contributed by atoms with Crippen molar-refractivity contribution in [2.45, 2.75) is 27.7 Å². The van der Waals surface area contributed by atoms with Crippen LogP contribution < -0.4 is 0 Å². The molecule has 0 aromatic heterocycles. The monoisotopic (exact) mass is 170 g/mol. The quantitative estimate of drug-likeness (QED) is 0.634. The molecule has 0 aliphatic carbocycles. The van der Waals surface area contributed by atoms with E-state index < -0.39 is 0 Å². The number of halogens is 1. The third kappa shape index (κ3) is 2.22. The molecule has 0 unspecified atom stereocenters. The van der Waals surface area contributed by atoms with E-state index in [1.54, 1.807) is 19.9 Å². The van der Waals surface area contributed by atoms with E-state index in [1.165, 1.54) is 6.07 Å². The molecule has 12 heavy (non-hydrogen) atoms. The molecule has 0 bridgehead atoms. The van der Waals surface area contributed by atoms with Crippen molar-refractivity contribution in [3.63, 3.8) is 0 Å². The summed E-state index contributed by atoms with van der Waals surface area (Å²) >= 11 is 0. The highest BCUT2D eigenvalue weighted by Crippen LogP contribution is 2.20. The molecule has 0 aliphatic rings. The van der Waals surface area contributed by atoms with Crippen LogP contribution in [-0.2, 0) is 0 Å². The largest absolute Gasteiger partial charge is 0.508 e. The normalized spacial score (nSPS) is 8.75. The second kappa shape index (κ2) is 4.75. The lowest BCUT2D eigenvalue weighted by atomic mass is 10.1. The van der Waals surface area contributed by atoms with Gasteiger partial charge in [-0.05, 0) is 25.5 Å². The molecular weight excluding hydrogens is 155 g/mol. The lowest BCUT2D eigenvalue weighted by molar-refractivity contribution is 0.462. The van der Waals surface area contributed by atoms with E-state index in [2.05, 4.69) is 0 Å². The molecule has 1 nitrogen and oxygen atoms in total. The Balaban J connectivity index is 0.000000561. The fourth-order valence-corrected chi connectivity index (χ4v) is 0.810. The summed E-state index contributed by atoms with van der Waals surface area (Å²) in [6, 6.07) is 3.05. The number of phenolic OH excluding ortho intramolecular Hbond substituents is 1. The third-order valence-corrected chi connectivity index (χ3v) is 1.55. The highest BCUT2D eigenvalue weighted by Gasteiger charge is 2.03. The van der Waals surface area contributed by atoms with E-state index >= 15 is 0 Å². The van der Waals surface area contributed by atoms with E-state index in [0.29, 0.717) is 11.1 Å². The Bertz CT molecular complexity index is 229. The van der Waals surface area contributed by atoms with Crippen molar-refractivity contribution in [3.05, 3.63) is 29.1 Å². The maximum absolute atomic E-state index is 12.8. The summed E-state index contributed by atoms with van der Waals surface area (Å²) in [5, 5.41) is 8.98. The highest BCUT2D eigenvalue weighted by atomic mass is 19.1. The second-order valence-electron chi connectivity index (χ2n) is 2.34. The summed E-state index contributed by atoms with van der Waals surface area (Å²) in [5.41, 5.74) is 0.885. The first-order valence-electron chi connectivity index (χ1n) is 4.07. The van der Waals surface area contributed by atoms with Crippen molar-refractivity contribution >= 4 is 0 Å². The van der Waals surface area contributed by atoms with E-state index in [-0.39, 0.29) is 11.6 Å². The summed E-state index contributed by atoms with van der Waals surface area (Å²) in [6.07, 6.45) is 0. The van der Waals surface area contributed by atoms with Crippen LogP contribution in [0.5, 0.6) is 5.75 Å². The lowest BCUT2D eigenvalue weighted by Gasteiger charge is -2.01. The molecule has 0 fully saturated rings. The Morgan fingerprint density at radius 1 is 1.17 bits per heavy atom. The van der Waals surface area contributed by atoms with Crippen LogP contribution >= 0.6 is 0 Å². The minimum absolute atomic E-state index is 0.0168. The molecule has 2 heteroatoms. The van der Waals surface area contributed by atoms with Gasteiger partial charge in [-0.3, -0.25) is 0 Å². The molecule has 0 aliphatic heterocycles. The molecule has 68 valence electrons. The van der Waals surface area contributed by atoms with E-state index in [4.69, 9.17) is 5.11 Å². The Morgan fingerprint density at radius 3 is 2.08 bits per heavy atom. The van der Waals surface area contributed by atoms with Crippen molar-refractivity contribution in [1.82, 2.24) is 0 Å². The predicted molar refractivity (Wildman–Crippen MR) is 48.9 cm³/mol. The highest BCUT2D eigenvalue weighted by molar-refractivity contribution is 5.35. The van der Waals surface area contributed by atoms with Crippen LogP contribution in [0.1, 0.15) is 25.0 Å². The Morgan fingerprint density at radius 2 is 1.67 bits per heavy atom. The van der Waals surface area contributed by atoms with Gasteiger partial charge in [0.05, 0.1) is 0 Å². The minimum atomic E-state index is -0.319. The Kier molecular flexibility index (Phi) is 4.34. The number of hydrogen-bond donors (Lipinski definition) is 1. The average Bonchev–Trinajstić information content (AvgIpc) is 2.12. The van der Waals surface area contributed by atoms with Gasteiger partial charge in [0.15, 0.2) is 0 Å². The number of aryl methyl sites for hydroxylation is 1. The number of phenols is 1. The molecule has 1 aromatic rings. The van der Waals surface area contributed by atoms with Crippen molar-refractivity contribution in [2.24, 2.45) is 0 Å². The van der Waals surface area contributed by atoms with Crippen LogP contribution in [0.3, 0.4) is 0 Å². The molecule has 1 rings (SSSR count). The molecule has 0 atom stereocenters. The summed E-state index contributed by atoms with van der Waals surface area (Å²) in [4.78, 5) is 0. The zero-order valence-corrected chi connectivity index (χ0v) is 7.98. The topological polar surface area (TPSA) is 20.2 Å². The van der Waals surface area contributed by atoms with Crippen molar-refractivity contribution < 1.29 is 9.50 Å². The fourth-order valence-electron chi connectivity index (χ4n) is 0.810. The Hall–Kier alpha value is -1.05. The van der Waals surface area contributed by atoms with Gasteiger partial charge in [0.25, 0.3) is 0 Å². The number of hydrogen-bond acceptors (Lipinski definition) is 1. The maximum atomic E-state index is 12.8. The maximum Gasteiger partial charge on any atom is 0.132 e. The molecule has 0 saturated carbocycles. The predicted octanol–water partition coefficient (Wildman–Crippen LogP) is 3.17. The number of aromatic hydroxyl groups is 1. The smallest absolute Gasteiger partial charge is 0.132 e. The fraction of sp³-hybridized carbons (Fsp3) is 0.400. The summed E-state index contributed by atoms with van der Waals surface area (Å²) < 4.78 is 12.8. The van der Waals surface area contributed by atoms with Gasteiger partial charge in [-0.2, -0.15) is 0 Å². The summed E-state index contributed by atoms with van der Waals surface area (Å²) in [6.45, 7) is 7.22. The number of benzene rings is 1. The summed E-state index contributed by atoms with van der Waals surface area (Å²) in [5.74, 6) is -0.303. The zero-order chi connectivity index (χ0) is 9.72. The Labute approximate surface area is 72.9 Å². The average molecular weight is 170 g/mol. The molecule has 0 heterocycles. The minimum Gasteiger partial charge on any atom is -0.508 e. The third-order valence-electron chi connectivity index (χ3n) is 1.55. The van der Waals surface area contributed by atoms with Gasteiger partial charge >= 0.3 is 0 Å². The van der Waals surface area contributed by atoms with Crippen molar-refractivity contribution in [2.75, 3.05) is 0 Å². The zero-order valence-electron chi connectivity index (χ0n) is 7.98. The molecule has 0 saturated heterocycles. The molecule has 1 N–H and O–H groups in total. The van der Waals surface area contributed by atoms with Crippen LogP contribution in [0, 0.1) is 19.7 Å². The standard InChI is InChI=1S/C8H9FO.C2H6/c1-5-3-4-7(10)6(2)8(5)9;1-2/h3-4,10H,1-2H3;1-2H3. The first-order chi connectivity index (χ1) is 5.63. The van der Waals surface area contributed by atoms with Crippen molar-refractivity contribution in [3.8, 4) is 5.75 Å². The van der Waals surface area contributed by atoms with Gasteiger partial charge in [-0.1, -0.05) is 19.9 Å². The summed E-state index contributed by atoms with van der Waals surface area (Å²) in [7, 11) is 0. The molecular formula is C10H15FO. The van der Waals surface area contributed by atoms with Gasteiger partial charge in [0.2, 0.25) is 0 Å².